The van der Waals surface area contributed by atoms with E-state index < -0.39 is 0 Å². The molecule has 3 unspecified atom stereocenters. The van der Waals surface area contributed by atoms with Crippen molar-refractivity contribution < 1.29 is 4.39 Å². The average molecular weight is 298 g/mol. The molecule has 1 saturated carbocycles. The van der Waals surface area contributed by atoms with Crippen LogP contribution in [0.2, 0.25) is 5.02 Å². The summed E-state index contributed by atoms with van der Waals surface area (Å²) in [6.45, 7) is 7.67. The first-order chi connectivity index (χ1) is 9.51. The summed E-state index contributed by atoms with van der Waals surface area (Å²) in [6.07, 6.45) is 3.75. The van der Waals surface area contributed by atoms with Crippen molar-refractivity contribution in [2.75, 3.05) is 6.54 Å². The normalized spacial score (nSPS) is 28.4. The molecule has 1 aromatic carbocycles. The minimum absolute atomic E-state index is 0.235. The van der Waals surface area contributed by atoms with Gasteiger partial charge in [0.05, 0.1) is 0 Å². The molecule has 0 amide bonds. The van der Waals surface area contributed by atoms with Crippen LogP contribution in [-0.4, -0.2) is 6.54 Å². The van der Waals surface area contributed by atoms with Gasteiger partial charge in [-0.3, -0.25) is 0 Å². The Balaban J connectivity index is 2.25. The van der Waals surface area contributed by atoms with Crippen LogP contribution in [0.15, 0.2) is 18.2 Å². The van der Waals surface area contributed by atoms with E-state index in [4.69, 9.17) is 11.6 Å². The van der Waals surface area contributed by atoms with Gasteiger partial charge in [0.2, 0.25) is 0 Å². The van der Waals surface area contributed by atoms with Gasteiger partial charge in [0.15, 0.2) is 0 Å². The van der Waals surface area contributed by atoms with E-state index in [1.165, 1.54) is 31.4 Å². The summed E-state index contributed by atoms with van der Waals surface area (Å²) in [4.78, 5) is 0. The van der Waals surface area contributed by atoms with Crippen molar-refractivity contribution >= 4 is 11.6 Å². The second-order valence-corrected chi connectivity index (χ2v) is 6.79. The maximum atomic E-state index is 13.3. The predicted octanol–water partition coefficient (Wildman–Crippen LogP) is 5.20. The summed E-state index contributed by atoms with van der Waals surface area (Å²) in [5.41, 5.74) is 1.04. The predicted molar refractivity (Wildman–Crippen MR) is 83.5 cm³/mol. The number of hydrogen-bond acceptors (Lipinski definition) is 1. The summed E-state index contributed by atoms with van der Waals surface area (Å²) in [6, 6.07) is 5.02. The van der Waals surface area contributed by atoms with E-state index >= 15 is 0 Å². The molecule has 2 rings (SSSR count). The highest BCUT2D eigenvalue weighted by atomic mass is 35.5. The summed E-state index contributed by atoms with van der Waals surface area (Å²) in [5, 5.41) is 4.11. The fourth-order valence-corrected chi connectivity index (χ4v) is 4.07. The van der Waals surface area contributed by atoms with Gasteiger partial charge in [-0.2, -0.15) is 0 Å². The van der Waals surface area contributed by atoms with Gasteiger partial charge < -0.3 is 5.32 Å². The maximum absolute atomic E-state index is 13.3. The Morgan fingerprint density at radius 1 is 1.25 bits per heavy atom. The number of halogens is 2. The van der Waals surface area contributed by atoms with Crippen LogP contribution < -0.4 is 5.32 Å². The van der Waals surface area contributed by atoms with Gasteiger partial charge in [-0.1, -0.05) is 38.4 Å². The van der Waals surface area contributed by atoms with Crippen LogP contribution in [0.1, 0.15) is 51.6 Å². The fourth-order valence-electron chi connectivity index (χ4n) is 3.79. The van der Waals surface area contributed by atoms with Crippen molar-refractivity contribution in [2.45, 2.75) is 46.1 Å². The zero-order valence-electron chi connectivity index (χ0n) is 12.6. The lowest BCUT2D eigenvalue weighted by atomic mass is 9.72. The molecule has 1 aromatic rings. The first-order valence-electron chi connectivity index (χ1n) is 7.69. The molecule has 0 aliphatic heterocycles. The number of hydrogen-bond donors (Lipinski definition) is 1. The standard InChI is InChI=1S/C17H25ClFN/c1-4-20-17(13-8-11(2)7-12(3)9-13)15-6-5-14(19)10-16(15)18/h5-6,10-13,17,20H,4,7-9H2,1-3H3. The zero-order valence-corrected chi connectivity index (χ0v) is 13.4. The molecule has 0 radical (unpaired) electrons. The van der Waals surface area contributed by atoms with E-state index in [1.807, 2.05) is 6.07 Å². The quantitative estimate of drug-likeness (QED) is 0.805. The van der Waals surface area contributed by atoms with Crippen LogP contribution >= 0.6 is 11.6 Å². The summed E-state index contributed by atoms with van der Waals surface area (Å²) >= 11 is 6.27. The molecule has 0 heterocycles. The zero-order chi connectivity index (χ0) is 14.7. The second-order valence-electron chi connectivity index (χ2n) is 6.38. The van der Waals surface area contributed by atoms with E-state index in [0.29, 0.717) is 10.9 Å². The molecule has 112 valence electrons. The van der Waals surface area contributed by atoms with E-state index in [0.717, 1.165) is 23.9 Å². The molecule has 3 heteroatoms. The van der Waals surface area contributed by atoms with E-state index in [-0.39, 0.29) is 11.9 Å². The fraction of sp³-hybridized carbons (Fsp3) is 0.647. The minimum atomic E-state index is -0.264. The highest BCUT2D eigenvalue weighted by molar-refractivity contribution is 6.31. The SMILES string of the molecule is CCNC(c1ccc(F)cc1Cl)C1CC(C)CC(C)C1. The lowest BCUT2D eigenvalue weighted by Gasteiger charge is -2.37. The summed E-state index contributed by atoms with van der Waals surface area (Å²) in [7, 11) is 0. The monoisotopic (exact) mass is 297 g/mol. The van der Waals surface area contributed by atoms with Crippen molar-refractivity contribution in [1.82, 2.24) is 5.32 Å². The Morgan fingerprint density at radius 2 is 1.90 bits per heavy atom. The van der Waals surface area contributed by atoms with Gasteiger partial charge in [-0.15, -0.1) is 0 Å². The Kier molecular flexibility index (Phi) is 5.45. The Morgan fingerprint density at radius 3 is 2.45 bits per heavy atom. The molecule has 1 aliphatic rings. The van der Waals surface area contributed by atoms with Crippen LogP contribution in [0.5, 0.6) is 0 Å². The van der Waals surface area contributed by atoms with Crippen LogP contribution in [0.4, 0.5) is 4.39 Å². The molecule has 0 spiro atoms. The molecular weight excluding hydrogens is 273 g/mol. The number of rotatable bonds is 4. The van der Waals surface area contributed by atoms with Gasteiger partial charge in [0.25, 0.3) is 0 Å². The summed E-state index contributed by atoms with van der Waals surface area (Å²) < 4.78 is 13.3. The third-order valence-electron chi connectivity index (χ3n) is 4.41. The number of nitrogens with one attached hydrogen (secondary N) is 1. The Labute approximate surface area is 126 Å². The molecule has 0 bridgehead atoms. The van der Waals surface area contributed by atoms with Crippen LogP contribution in [0.3, 0.4) is 0 Å². The first kappa shape index (κ1) is 15.8. The topological polar surface area (TPSA) is 12.0 Å². The molecule has 0 saturated heterocycles. The first-order valence-corrected chi connectivity index (χ1v) is 8.07. The largest absolute Gasteiger partial charge is 0.310 e. The lowest BCUT2D eigenvalue weighted by molar-refractivity contribution is 0.177. The third-order valence-corrected chi connectivity index (χ3v) is 4.74. The lowest BCUT2D eigenvalue weighted by Crippen LogP contribution is -2.33. The van der Waals surface area contributed by atoms with Gasteiger partial charge in [0.1, 0.15) is 5.82 Å². The molecule has 3 atom stereocenters. The maximum Gasteiger partial charge on any atom is 0.124 e. The van der Waals surface area contributed by atoms with Gasteiger partial charge >= 0.3 is 0 Å². The molecule has 1 aliphatic carbocycles. The van der Waals surface area contributed by atoms with Crippen molar-refractivity contribution in [3.63, 3.8) is 0 Å². The second kappa shape index (κ2) is 6.91. The Hall–Kier alpha value is -0.600. The van der Waals surface area contributed by atoms with Crippen molar-refractivity contribution in [3.8, 4) is 0 Å². The van der Waals surface area contributed by atoms with Gasteiger partial charge in [-0.25, -0.2) is 4.39 Å². The van der Waals surface area contributed by atoms with E-state index in [1.54, 1.807) is 0 Å². The minimum Gasteiger partial charge on any atom is -0.310 e. The Bertz CT molecular complexity index is 439. The molecule has 1 N–H and O–H groups in total. The molecule has 20 heavy (non-hydrogen) atoms. The average Bonchev–Trinajstić information content (AvgIpc) is 2.35. The van der Waals surface area contributed by atoms with Crippen molar-refractivity contribution in [2.24, 2.45) is 17.8 Å². The molecule has 1 nitrogen and oxygen atoms in total. The van der Waals surface area contributed by atoms with E-state index in [2.05, 4.69) is 26.1 Å². The van der Waals surface area contributed by atoms with Crippen molar-refractivity contribution in [1.29, 1.82) is 0 Å². The molecular formula is C17H25ClFN. The summed E-state index contributed by atoms with van der Waals surface area (Å²) in [5.74, 6) is 1.82. The smallest absolute Gasteiger partial charge is 0.124 e. The molecule has 0 aromatic heterocycles. The highest BCUT2D eigenvalue weighted by Gasteiger charge is 2.31. The van der Waals surface area contributed by atoms with Crippen LogP contribution in [0.25, 0.3) is 0 Å². The third kappa shape index (κ3) is 3.73. The van der Waals surface area contributed by atoms with E-state index in [9.17, 15) is 4.39 Å². The van der Waals surface area contributed by atoms with Gasteiger partial charge in [0, 0.05) is 11.1 Å². The molecule has 1 fully saturated rings. The van der Waals surface area contributed by atoms with Gasteiger partial charge in [-0.05, 0) is 61.3 Å². The van der Waals surface area contributed by atoms with Crippen LogP contribution in [-0.2, 0) is 0 Å². The number of benzene rings is 1. The highest BCUT2D eigenvalue weighted by Crippen LogP contribution is 2.41. The van der Waals surface area contributed by atoms with Crippen LogP contribution in [0, 0.1) is 23.6 Å². The van der Waals surface area contributed by atoms with Crippen molar-refractivity contribution in [3.05, 3.63) is 34.6 Å².